The van der Waals surface area contributed by atoms with Gasteiger partial charge in [0.2, 0.25) is 0 Å². The highest BCUT2D eigenvalue weighted by Gasteiger charge is 2.28. The topological polar surface area (TPSA) is 52.6 Å². The molecule has 0 radical (unpaired) electrons. The summed E-state index contributed by atoms with van der Waals surface area (Å²) in [4.78, 5) is 14.0. The van der Waals surface area contributed by atoms with Crippen molar-refractivity contribution in [1.29, 1.82) is 0 Å². The summed E-state index contributed by atoms with van der Waals surface area (Å²) in [5.41, 5.74) is 1.87. The first-order chi connectivity index (χ1) is 8.54. The summed E-state index contributed by atoms with van der Waals surface area (Å²) >= 11 is 0. The van der Waals surface area contributed by atoms with E-state index in [4.69, 9.17) is 5.11 Å². The lowest BCUT2D eigenvalue weighted by molar-refractivity contribution is 0.0562. The maximum Gasteiger partial charge on any atom is 0.251 e. The lowest BCUT2D eigenvalue weighted by Crippen LogP contribution is -2.46. The quantitative estimate of drug-likeness (QED) is 0.836. The number of nitrogens with zero attached hydrogens (tertiary/aromatic N) is 1. The van der Waals surface area contributed by atoms with Gasteiger partial charge in [0.25, 0.3) is 5.91 Å². The Morgan fingerprint density at radius 3 is 2.44 bits per heavy atom. The second-order valence-electron chi connectivity index (χ2n) is 5.23. The van der Waals surface area contributed by atoms with Gasteiger partial charge in [-0.15, -0.1) is 0 Å². The van der Waals surface area contributed by atoms with E-state index >= 15 is 0 Å². The molecular weight excluding hydrogens is 228 g/mol. The van der Waals surface area contributed by atoms with Crippen molar-refractivity contribution in [3.63, 3.8) is 0 Å². The Bertz CT molecular complexity index is 408. The van der Waals surface area contributed by atoms with E-state index in [9.17, 15) is 4.79 Å². The van der Waals surface area contributed by atoms with E-state index in [1.54, 1.807) is 0 Å². The molecular formula is C14H20N2O2. The fraction of sp³-hybridized carbons (Fsp3) is 0.500. The van der Waals surface area contributed by atoms with E-state index in [1.807, 2.05) is 38.4 Å². The van der Waals surface area contributed by atoms with E-state index in [0.29, 0.717) is 18.4 Å². The van der Waals surface area contributed by atoms with Crippen molar-refractivity contribution in [3.05, 3.63) is 35.4 Å². The van der Waals surface area contributed by atoms with Crippen molar-refractivity contribution in [3.8, 4) is 0 Å². The van der Waals surface area contributed by atoms with Crippen LogP contribution in [0.15, 0.2) is 24.3 Å². The summed E-state index contributed by atoms with van der Waals surface area (Å²) in [7, 11) is 4.03. The zero-order valence-corrected chi connectivity index (χ0v) is 10.9. The highest BCUT2D eigenvalue weighted by molar-refractivity contribution is 5.94. The molecule has 4 nitrogen and oxygen atoms in total. The van der Waals surface area contributed by atoms with Gasteiger partial charge in [0, 0.05) is 18.2 Å². The van der Waals surface area contributed by atoms with Gasteiger partial charge in [-0.3, -0.25) is 4.79 Å². The summed E-state index contributed by atoms with van der Waals surface area (Å²) in [6.45, 7) is 0.872. The minimum absolute atomic E-state index is 0.0525. The Kier molecular flexibility index (Phi) is 3.99. The first-order valence-corrected chi connectivity index (χ1v) is 6.27. The van der Waals surface area contributed by atoms with Crippen LogP contribution in [0.1, 0.15) is 28.8 Å². The third kappa shape index (κ3) is 3.31. The van der Waals surface area contributed by atoms with E-state index in [1.165, 1.54) is 5.56 Å². The lowest BCUT2D eigenvalue weighted by atomic mass is 9.89. The molecule has 0 aliphatic heterocycles. The predicted octanol–water partition coefficient (Wildman–Crippen LogP) is 1.00. The van der Waals surface area contributed by atoms with Crippen LogP contribution >= 0.6 is 0 Å². The van der Waals surface area contributed by atoms with Crippen molar-refractivity contribution in [2.24, 2.45) is 0 Å². The number of carbonyl (C=O) groups excluding carboxylic acids is 1. The van der Waals surface area contributed by atoms with Gasteiger partial charge in [-0.2, -0.15) is 0 Å². The summed E-state index contributed by atoms with van der Waals surface area (Å²) < 4.78 is 0. The summed E-state index contributed by atoms with van der Waals surface area (Å²) in [6.07, 6.45) is 1.10. The van der Waals surface area contributed by atoms with Crippen molar-refractivity contribution in [1.82, 2.24) is 10.2 Å². The molecule has 0 aromatic heterocycles. The van der Waals surface area contributed by atoms with Crippen LogP contribution in [0.2, 0.25) is 0 Å². The molecule has 1 aliphatic carbocycles. The molecule has 1 aliphatic rings. The van der Waals surface area contributed by atoms with Gasteiger partial charge in [0.1, 0.15) is 0 Å². The summed E-state index contributed by atoms with van der Waals surface area (Å²) in [5, 5.41) is 12.1. The molecule has 18 heavy (non-hydrogen) atoms. The van der Waals surface area contributed by atoms with E-state index in [0.717, 1.165) is 6.54 Å². The molecule has 1 saturated carbocycles. The number of hydrogen-bond donors (Lipinski definition) is 2. The second kappa shape index (κ2) is 5.50. The third-order valence-electron chi connectivity index (χ3n) is 3.16. The molecule has 0 saturated heterocycles. The van der Waals surface area contributed by atoms with Gasteiger partial charge in [0.05, 0.1) is 6.10 Å². The Labute approximate surface area is 108 Å². The Balaban J connectivity index is 1.90. The number of rotatable bonds is 4. The lowest BCUT2D eigenvalue weighted by Gasteiger charge is -2.31. The van der Waals surface area contributed by atoms with Crippen LogP contribution in [0.4, 0.5) is 0 Å². The number of nitrogens with one attached hydrogen (secondary N) is 1. The van der Waals surface area contributed by atoms with Gasteiger partial charge >= 0.3 is 0 Å². The molecule has 1 amide bonds. The summed E-state index contributed by atoms with van der Waals surface area (Å²) in [5.74, 6) is -0.0525. The standard InChI is InChI=1S/C14H20N2O2/c1-16(2)9-10-3-5-11(6-4-10)14(18)15-12-7-13(17)8-12/h3-6,12-13,17H,7-9H2,1-2H3,(H,15,18). The van der Waals surface area contributed by atoms with Crippen molar-refractivity contribution < 1.29 is 9.90 Å². The van der Waals surface area contributed by atoms with Crippen LogP contribution in [0.3, 0.4) is 0 Å². The number of aliphatic hydroxyl groups is 1. The second-order valence-corrected chi connectivity index (χ2v) is 5.23. The van der Waals surface area contributed by atoms with Crippen LogP contribution in [0.5, 0.6) is 0 Å². The fourth-order valence-electron chi connectivity index (χ4n) is 2.10. The molecule has 0 spiro atoms. The number of amides is 1. The molecule has 0 unspecified atom stereocenters. The zero-order chi connectivity index (χ0) is 13.1. The van der Waals surface area contributed by atoms with Crippen LogP contribution in [0.25, 0.3) is 0 Å². The molecule has 0 atom stereocenters. The van der Waals surface area contributed by atoms with Crippen LogP contribution in [-0.2, 0) is 6.54 Å². The molecule has 1 aromatic carbocycles. The minimum atomic E-state index is -0.238. The van der Waals surface area contributed by atoms with E-state index in [-0.39, 0.29) is 18.1 Å². The molecule has 2 rings (SSSR count). The van der Waals surface area contributed by atoms with Crippen molar-refractivity contribution in [2.75, 3.05) is 14.1 Å². The van der Waals surface area contributed by atoms with Crippen LogP contribution in [0, 0.1) is 0 Å². The van der Waals surface area contributed by atoms with Crippen molar-refractivity contribution >= 4 is 5.91 Å². The maximum absolute atomic E-state index is 11.9. The van der Waals surface area contributed by atoms with Crippen LogP contribution < -0.4 is 5.32 Å². The number of carbonyl (C=O) groups is 1. The molecule has 4 heteroatoms. The molecule has 2 N–H and O–H groups in total. The van der Waals surface area contributed by atoms with Crippen LogP contribution in [-0.4, -0.2) is 42.2 Å². The average Bonchev–Trinajstić information content (AvgIpc) is 2.27. The minimum Gasteiger partial charge on any atom is -0.393 e. The molecule has 98 valence electrons. The van der Waals surface area contributed by atoms with Gasteiger partial charge in [0.15, 0.2) is 0 Å². The Morgan fingerprint density at radius 2 is 1.94 bits per heavy atom. The highest BCUT2D eigenvalue weighted by atomic mass is 16.3. The van der Waals surface area contributed by atoms with E-state index in [2.05, 4.69) is 10.2 Å². The fourth-order valence-corrected chi connectivity index (χ4v) is 2.10. The first-order valence-electron chi connectivity index (χ1n) is 6.27. The Hall–Kier alpha value is -1.39. The maximum atomic E-state index is 11.9. The largest absolute Gasteiger partial charge is 0.393 e. The first kappa shape index (κ1) is 13.1. The zero-order valence-electron chi connectivity index (χ0n) is 10.9. The average molecular weight is 248 g/mol. The SMILES string of the molecule is CN(C)Cc1ccc(C(=O)NC2CC(O)C2)cc1. The predicted molar refractivity (Wildman–Crippen MR) is 70.3 cm³/mol. The van der Waals surface area contributed by atoms with Gasteiger partial charge in [-0.25, -0.2) is 0 Å². The monoisotopic (exact) mass is 248 g/mol. The normalized spacial score (nSPS) is 22.7. The van der Waals surface area contributed by atoms with Gasteiger partial charge in [-0.1, -0.05) is 12.1 Å². The van der Waals surface area contributed by atoms with Gasteiger partial charge < -0.3 is 15.3 Å². The third-order valence-corrected chi connectivity index (χ3v) is 3.16. The van der Waals surface area contributed by atoms with Gasteiger partial charge in [-0.05, 0) is 44.6 Å². The smallest absolute Gasteiger partial charge is 0.251 e. The summed E-state index contributed by atoms with van der Waals surface area (Å²) in [6, 6.07) is 7.79. The molecule has 0 heterocycles. The molecule has 1 fully saturated rings. The number of hydrogen-bond acceptors (Lipinski definition) is 3. The molecule has 1 aromatic rings. The molecule has 0 bridgehead atoms. The van der Waals surface area contributed by atoms with Crippen molar-refractivity contribution in [2.45, 2.75) is 31.5 Å². The highest BCUT2D eigenvalue weighted by Crippen LogP contribution is 2.19. The van der Waals surface area contributed by atoms with E-state index < -0.39 is 0 Å². The Morgan fingerprint density at radius 1 is 1.33 bits per heavy atom. The number of benzene rings is 1. The number of aliphatic hydroxyl groups excluding tert-OH is 1.